The molecule has 3 heteroatoms. The maximum absolute atomic E-state index is 5.98. The summed E-state index contributed by atoms with van der Waals surface area (Å²) in [7, 11) is 0. The number of nitrogens with zero attached hydrogens (tertiary/aromatic N) is 2. The minimum atomic E-state index is 0.456. The zero-order chi connectivity index (χ0) is 14.6. The van der Waals surface area contributed by atoms with Crippen molar-refractivity contribution in [2.75, 3.05) is 39.3 Å². The highest BCUT2D eigenvalue weighted by molar-refractivity contribution is 4.80. The van der Waals surface area contributed by atoms with Crippen LogP contribution in [0.3, 0.4) is 0 Å². The fourth-order valence-electron chi connectivity index (χ4n) is 3.70. The molecule has 2 aliphatic heterocycles. The van der Waals surface area contributed by atoms with Crippen molar-refractivity contribution in [3.63, 3.8) is 0 Å². The van der Waals surface area contributed by atoms with Crippen molar-refractivity contribution in [2.45, 2.75) is 58.9 Å². The molecule has 1 atom stereocenters. The second kappa shape index (κ2) is 7.24. The van der Waals surface area contributed by atoms with Crippen LogP contribution in [-0.4, -0.2) is 55.1 Å². The van der Waals surface area contributed by atoms with E-state index < -0.39 is 0 Å². The fraction of sp³-hybridized carbons (Fsp3) is 1.00. The van der Waals surface area contributed by atoms with Gasteiger partial charge in [-0.2, -0.15) is 0 Å². The van der Waals surface area contributed by atoms with Crippen LogP contribution in [0.5, 0.6) is 0 Å². The maximum Gasteiger partial charge on any atom is 0.0109 e. The molecular weight excluding hydrogens is 246 g/mol. The topological polar surface area (TPSA) is 32.5 Å². The standard InChI is InChI=1S/C17H35N3/c1-17(2,3)15-5-4-9-19(10-6-15)13-14-20-11-7-16(18)8-12-20/h15-16H,4-14,18H2,1-3H3. The molecule has 1 unspecified atom stereocenters. The molecule has 0 aliphatic carbocycles. The Bertz CT molecular complexity index is 276. The second-order valence-corrected chi connectivity index (χ2v) is 8.01. The lowest BCUT2D eigenvalue weighted by Crippen LogP contribution is -2.43. The number of piperidine rings is 1. The molecular formula is C17H35N3. The summed E-state index contributed by atoms with van der Waals surface area (Å²) in [4.78, 5) is 5.30. The molecule has 2 aliphatic rings. The first kappa shape index (κ1) is 16.3. The summed E-state index contributed by atoms with van der Waals surface area (Å²) in [5.41, 5.74) is 6.46. The van der Waals surface area contributed by atoms with Crippen molar-refractivity contribution in [1.29, 1.82) is 0 Å². The molecule has 0 radical (unpaired) electrons. The summed E-state index contributed by atoms with van der Waals surface area (Å²) >= 11 is 0. The lowest BCUT2D eigenvalue weighted by atomic mass is 9.77. The molecule has 20 heavy (non-hydrogen) atoms. The minimum Gasteiger partial charge on any atom is -0.328 e. The monoisotopic (exact) mass is 281 g/mol. The van der Waals surface area contributed by atoms with Crippen LogP contribution in [0.2, 0.25) is 0 Å². The number of rotatable bonds is 3. The molecule has 0 aromatic heterocycles. The van der Waals surface area contributed by atoms with Crippen LogP contribution >= 0.6 is 0 Å². The minimum absolute atomic E-state index is 0.456. The molecule has 0 bridgehead atoms. The van der Waals surface area contributed by atoms with E-state index in [9.17, 15) is 0 Å². The molecule has 2 fully saturated rings. The molecule has 0 aromatic carbocycles. The predicted molar refractivity (Wildman–Crippen MR) is 86.9 cm³/mol. The number of hydrogen-bond donors (Lipinski definition) is 1. The summed E-state index contributed by atoms with van der Waals surface area (Å²) in [6, 6.07) is 0.456. The highest BCUT2D eigenvalue weighted by Gasteiger charge is 2.27. The molecule has 0 saturated carbocycles. The normalized spacial score (nSPS) is 28.5. The van der Waals surface area contributed by atoms with E-state index in [2.05, 4.69) is 30.6 Å². The van der Waals surface area contributed by atoms with Gasteiger partial charge in [-0.1, -0.05) is 20.8 Å². The quantitative estimate of drug-likeness (QED) is 0.863. The van der Waals surface area contributed by atoms with Gasteiger partial charge in [0.05, 0.1) is 0 Å². The van der Waals surface area contributed by atoms with Crippen LogP contribution in [0.25, 0.3) is 0 Å². The SMILES string of the molecule is CC(C)(C)C1CCCN(CCN2CCC(N)CC2)CC1. The maximum atomic E-state index is 5.98. The Kier molecular flexibility index (Phi) is 5.88. The van der Waals surface area contributed by atoms with Crippen molar-refractivity contribution >= 4 is 0 Å². The molecule has 0 amide bonds. The van der Waals surface area contributed by atoms with Crippen molar-refractivity contribution in [2.24, 2.45) is 17.1 Å². The van der Waals surface area contributed by atoms with Gasteiger partial charge in [0.15, 0.2) is 0 Å². The van der Waals surface area contributed by atoms with Gasteiger partial charge < -0.3 is 15.5 Å². The zero-order valence-electron chi connectivity index (χ0n) is 13.9. The van der Waals surface area contributed by atoms with E-state index in [4.69, 9.17) is 5.73 Å². The van der Waals surface area contributed by atoms with E-state index in [1.165, 1.54) is 71.4 Å². The van der Waals surface area contributed by atoms with Crippen LogP contribution in [0.15, 0.2) is 0 Å². The molecule has 2 rings (SSSR count). The predicted octanol–water partition coefficient (Wildman–Crippen LogP) is 2.56. The van der Waals surface area contributed by atoms with Crippen molar-refractivity contribution in [3.8, 4) is 0 Å². The summed E-state index contributed by atoms with van der Waals surface area (Å²) < 4.78 is 0. The summed E-state index contributed by atoms with van der Waals surface area (Å²) in [5, 5.41) is 0. The summed E-state index contributed by atoms with van der Waals surface area (Å²) in [6.07, 6.45) is 6.55. The van der Waals surface area contributed by atoms with Gasteiger partial charge in [-0.15, -0.1) is 0 Å². The van der Waals surface area contributed by atoms with E-state index in [0.29, 0.717) is 11.5 Å². The lowest BCUT2D eigenvalue weighted by Gasteiger charge is -2.32. The van der Waals surface area contributed by atoms with Gasteiger partial charge in [-0.3, -0.25) is 0 Å². The van der Waals surface area contributed by atoms with E-state index in [1.807, 2.05) is 0 Å². The Hall–Kier alpha value is -0.120. The van der Waals surface area contributed by atoms with E-state index in [-0.39, 0.29) is 0 Å². The average molecular weight is 281 g/mol. The Balaban J connectivity index is 1.69. The highest BCUT2D eigenvalue weighted by atomic mass is 15.2. The third-order valence-corrected chi connectivity index (χ3v) is 5.41. The Labute approximate surface area is 125 Å². The van der Waals surface area contributed by atoms with Crippen molar-refractivity contribution in [1.82, 2.24) is 9.80 Å². The Morgan fingerprint density at radius 2 is 1.40 bits per heavy atom. The van der Waals surface area contributed by atoms with E-state index in [1.54, 1.807) is 0 Å². The van der Waals surface area contributed by atoms with Gasteiger partial charge in [0.1, 0.15) is 0 Å². The first-order chi connectivity index (χ1) is 9.45. The first-order valence-electron chi connectivity index (χ1n) is 8.65. The van der Waals surface area contributed by atoms with Gasteiger partial charge >= 0.3 is 0 Å². The third kappa shape index (κ3) is 5.01. The number of likely N-dealkylation sites (tertiary alicyclic amines) is 2. The fourth-order valence-corrected chi connectivity index (χ4v) is 3.70. The van der Waals surface area contributed by atoms with Crippen molar-refractivity contribution < 1.29 is 0 Å². The second-order valence-electron chi connectivity index (χ2n) is 8.01. The molecule has 2 N–H and O–H groups in total. The number of hydrogen-bond acceptors (Lipinski definition) is 3. The van der Waals surface area contributed by atoms with Crippen molar-refractivity contribution in [3.05, 3.63) is 0 Å². The van der Waals surface area contributed by atoms with Gasteiger partial charge in [-0.25, -0.2) is 0 Å². The molecule has 2 heterocycles. The molecule has 0 aromatic rings. The smallest absolute Gasteiger partial charge is 0.0109 e. The van der Waals surface area contributed by atoms with Crippen LogP contribution in [0.1, 0.15) is 52.9 Å². The molecule has 118 valence electrons. The Morgan fingerprint density at radius 3 is 2.00 bits per heavy atom. The molecule has 2 saturated heterocycles. The van der Waals surface area contributed by atoms with Gasteiger partial charge in [0.25, 0.3) is 0 Å². The van der Waals surface area contributed by atoms with Gasteiger partial charge in [0, 0.05) is 19.1 Å². The van der Waals surface area contributed by atoms with Crippen LogP contribution < -0.4 is 5.73 Å². The summed E-state index contributed by atoms with van der Waals surface area (Å²) in [6.45, 7) is 14.7. The number of nitrogens with two attached hydrogens (primary N) is 1. The first-order valence-corrected chi connectivity index (χ1v) is 8.65. The zero-order valence-corrected chi connectivity index (χ0v) is 13.9. The molecule has 3 nitrogen and oxygen atoms in total. The van der Waals surface area contributed by atoms with E-state index >= 15 is 0 Å². The largest absolute Gasteiger partial charge is 0.328 e. The van der Waals surface area contributed by atoms with Crippen LogP contribution in [0, 0.1) is 11.3 Å². The molecule has 0 spiro atoms. The van der Waals surface area contributed by atoms with Crippen LogP contribution in [-0.2, 0) is 0 Å². The highest BCUT2D eigenvalue weighted by Crippen LogP contribution is 2.34. The summed E-state index contributed by atoms with van der Waals surface area (Å²) in [5.74, 6) is 0.903. The third-order valence-electron chi connectivity index (χ3n) is 5.41. The van der Waals surface area contributed by atoms with Crippen LogP contribution in [0.4, 0.5) is 0 Å². The van der Waals surface area contributed by atoms with Gasteiger partial charge in [-0.05, 0) is 69.6 Å². The van der Waals surface area contributed by atoms with E-state index in [0.717, 1.165) is 5.92 Å². The Morgan fingerprint density at radius 1 is 0.850 bits per heavy atom. The lowest BCUT2D eigenvalue weighted by molar-refractivity contribution is 0.169. The van der Waals surface area contributed by atoms with Gasteiger partial charge in [0.2, 0.25) is 0 Å². The average Bonchev–Trinajstić information content (AvgIpc) is 2.63.